The molecule has 9 nitrogen and oxygen atoms in total. The SMILES string of the molecule is Cc1nn(-c2ccccc2)c2c1nc(CCC(=O)N1CCN(c3ccccn3)CC1)c(=O)n2C. The van der Waals surface area contributed by atoms with Gasteiger partial charge in [-0.05, 0) is 31.2 Å². The van der Waals surface area contributed by atoms with Crippen LogP contribution >= 0.6 is 0 Å². The average molecular weight is 458 g/mol. The molecule has 4 aromatic rings. The maximum atomic E-state index is 13.1. The van der Waals surface area contributed by atoms with Crippen LogP contribution in [-0.4, -0.2) is 61.3 Å². The van der Waals surface area contributed by atoms with E-state index < -0.39 is 0 Å². The molecule has 0 spiro atoms. The lowest BCUT2D eigenvalue weighted by molar-refractivity contribution is -0.131. The molecule has 174 valence electrons. The van der Waals surface area contributed by atoms with Crippen molar-refractivity contribution in [3.8, 4) is 5.69 Å². The molecule has 0 radical (unpaired) electrons. The highest BCUT2D eigenvalue weighted by Gasteiger charge is 2.23. The Labute approximate surface area is 197 Å². The van der Waals surface area contributed by atoms with Crippen molar-refractivity contribution < 1.29 is 4.79 Å². The summed E-state index contributed by atoms with van der Waals surface area (Å²) in [5, 5.41) is 4.61. The molecule has 0 atom stereocenters. The lowest BCUT2D eigenvalue weighted by Gasteiger charge is -2.35. The molecule has 9 heteroatoms. The summed E-state index contributed by atoms with van der Waals surface area (Å²) in [6, 6.07) is 15.5. The van der Waals surface area contributed by atoms with E-state index in [0.29, 0.717) is 36.4 Å². The molecule has 34 heavy (non-hydrogen) atoms. The zero-order chi connectivity index (χ0) is 23.7. The van der Waals surface area contributed by atoms with Crippen LogP contribution in [0.2, 0.25) is 0 Å². The number of piperazine rings is 1. The highest BCUT2D eigenvalue weighted by molar-refractivity contribution is 5.78. The topological polar surface area (TPSA) is 89.2 Å². The molecule has 1 aliphatic heterocycles. The number of hydrogen-bond acceptors (Lipinski definition) is 6. The van der Waals surface area contributed by atoms with Crippen LogP contribution in [-0.2, 0) is 18.3 Å². The third kappa shape index (κ3) is 4.05. The van der Waals surface area contributed by atoms with Crippen molar-refractivity contribution in [2.24, 2.45) is 7.05 Å². The number of amides is 1. The average Bonchev–Trinajstić information content (AvgIpc) is 3.22. The summed E-state index contributed by atoms with van der Waals surface area (Å²) in [5.41, 5.74) is 3.13. The number of anilines is 1. The van der Waals surface area contributed by atoms with Gasteiger partial charge in [-0.1, -0.05) is 24.3 Å². The van der Waals surface area contributed by atoms with Crippen molar-refractivity contribution in [1.29, 1.82) is 0 Å². The van der Waals surface area contributed by atoms with E-state index in [9.17, 15) is 9.59 Å². The van der Waals surface area contributed by atoms with Crippen LogP contribution in [0.1, 0.15) is 17.8 Å². The maximum absolute atomic E-state index is 13.1. The Hall–Kier alpha value is -4.01. The second kappa shape index (κ2) is 9.09. The van der Waals surface area contributed by atoms with E-state index in [2.05, 4.69) is 20.0 Å². The number of hydrogen-bond donors (Lipinski definition) is 0. The maximum Gasteiger partial charge on any atom is 0.273 e. The van der Waals surface area contributed by atoms with Crippen LogP contribution < -0.4 is 10.5 Å². The molecular weight excluding hydrogens is 430 g/mol. The van der Waals surface area contributed by atoms with Gasteiger partial charge in [0.15, 0.2) is 5.65 Å². The number of pyridine rings is 1. The van der Waals surface area contributed by atoms with E-state index in [4.69, 9.17) is 0 Å². The van der Waals surface area contributed by atoms with E-state index in [1.807, 2.05) is 60.4 Å². The Morgan fingerprint density at radius 2 is 1.74 bits per heavy atom. The molecule has 1 fully saturated rings. The van der Waals surface area contributed by atoms with Crippen molar-refractivity contribution in [2.75, 3.05) is 31.1 Å². The fraction of sp³-hybridized carbons (Fsp3) is 0.320. The van der Waals surface area contributed by atoms with Gasteiger partial charge < -0.3 is 9.80 Å². The van der Waals surface area contributed by atoms with Gasteiger partial charge in [-0.3, -0.25) is 14.2 Å². The molecule has 0 aliphatic carbocycles. The van der Waals surface area contributed by atoms with E-state index >= 15 is 0 Å². The van der Waals surface area contributed by atoms with Gasteiger partial charge >= 0.3 is 0 Å². The van der Waals surface area contributed by atoms with Gasteiger partial charge in [-0.2, -0.15) is 5.10 Å². The quantitative estimate of drug-likeness (QED) is 0.456. The molecule has 0 bridgehead atoms. The predicted molar refractivity (Wildman–Crippen MR) is 130 cm³/mol. The number of fused-ring (bicyclic) bond motifs is 1. The predicted octanol–water partition coefficient (Wildman–Crippen LogP) is 2.10. The summed E-state index contributed by atoms with van der Waals surface area (Å²) in [7, 11) is 1.73. The first-order valence-electron chi connectivity index (χ1n) is 11.5. The van der Waals surface area contributed by atoms with Gasteiger partial charge in [-0.15, -0.1) is 0 Å². The van der Waals surface area contributed by atoms with Gasteiger partial charge in [0.1, 0.15) is 17.0 Å². The summed E-state index contributed by atoms with van der Waals surface area (Å²) in [6.07, 6.45) is 2.34. The summed E-state index contributed by atoms with van der Waals surface area (Å²) in [4.78, 5) is 39.0. The molecule has 1 saturated heterocycles. The van der Waals surface area contributed by atoms with Gasteiger partial charge in [0.25, 0.3) is 5.56 Å². The molecule has 0 N–H and O–H groups in total. The normalized spacial score (nSPS) is 14.1. The summed E-state index contributed by atoms with van der Waals surface area (Å²) in [6.45, 7) is 4.65. The molecule has 4 heterocycles. The van der Waals surface area contributed by atoms with E-state index in [1.165, 1.54) is 0 Å². The third-order valence-corrected chi connectivity index (χ3v) is 6.30. The van der Waals surface area contributed by atoms with Crippen LogP contribution in [0.4, 0.5) is 5.82 Å². The Balaban J connectivity index is 1.30. The number of carbonyl (C=O) groups excluding carboxylic acids is 1. The van der Waals surface area contributed by atoms with Gasteiger partial charge in [0, 0.05) is 52.3 Å². The minimum absolute atomic E-state index is 0.0429. The number of para-hydroxylation sites is 1. The first kappa shape index (κ1) is 21.8. The van der Waals surface area contributed by atoms with Crippen LogP contribution in [0.5, 0.6) is 0 Å². The number of aromatic nitrogens is 5. The van der Waals surface area contributed by atoms with Crippen molar-refractivity contribution in [3.05, 3.63) is 76.5 Å². The Bertz CT molecular complexity index is 1370. The zero-order valence-corrected chi connectivity index (χ0v) is 19.4. The summed E-state index contributed by atoms with van der Waals surface area (Å²) < 4.78 is 3.33. The molecule has 1 aliphatic rings. The van der Waals surface area contributed by atoms with E-state index in [-0.39, 0.29) is 17.9 Å². The van der Waals surface area contributed by atoms with Gasteiger partial charge in [0.2, 0.25) is 5.91 Å². The lowest BCUT2D eigenvalue weighted by Crippen LogP contribution is -2.49. The fourth-order valence-electron chi connectivity index (χ4n) is 4.43. The first-order valence-corrected chi connectivity index (χ1v) is 11.5. The lowest BCUT2D eigenvalue weighted by atomic mass is 10.2. The van der Waals surface area contributed by atoms with E-state index in [1.54, 1.807) is 22.5 Å². The summed E-state index contributed by atoms with van der Waals surface area (Å²) in [5.74, 6) is 0.975. The number of aryl methyl sites for hydroxylation is 3. The fourth-order valence-corrected chi connectivity index (χ4v) is 4.43. The van der Waals surface area contributed by atoms with E-state index in [0.717, 1.165) is 30.3 Å². The highest BCUT2D eigenvalue weighted by atomic mass is 16.2. The number of rotatable bonds is 5. The molecule has 5 rings (SSSR count). The highest BCUT2D eigenvalue weighted by Crippen LogP contribution is 2.19. The monoisotopic (exact) mass is 457 g/mol. The standard InChI is InChI=1S/C25H27N7O2/c1-18-23-24(32(28-18)19-8-4-3-5-9-19)29(2)25(34)20(27-23)11-12-22(33)31-16-14-30(15-17-31)21-10-6-7-13-26-21/h3-10,13H,11-12,14-17H2,1-2H3. The smallest absolute Gasteiger partial charge is 0.273 e. The van der Waals surface area contributed by atoms with Crippen molar-refractivity contribution >= 4 is 22.9 Å². The second-order valence-corrected chi connectivity index (χ2v) is 8.48. The minimum Gasteiger partial charge on any atom is -0.353 e. The van der Waals surface area contributed by atoms with Crippen molar-refractivity contribution in [3.63, 3.8) is 0 Å². The second-order valence-electron chi connectivity index (χ2n) is 8.48. The number of benzene rings is 1. The number of carbonyl (C=O) groups is 1. The number of nitrogens with zero attached hydrogens (tertiary/aromatic N) is 7. The third-order valence-electron chi connectivity index (χ3n) is 6.30. The minimum atomic E-state index is -0.197. The van der Waals surface area contributed by atoms with Gasteiger partial charge in [0.05, 0.1) is 11.4 Å². The van der Waals surface area contributed by atoms with Crippen LogP contribution in [0.3, 0.4) is 0 Å². The summed E-state index contributed by atoms with van der Waals surface area (Å²) >= 11 is 0. The van der Waals surface area contributed by atoms with Crippen molar-refractivity contribution in [2.45, 2.75) is 19.8 Å². The van der Waals surface area contributed by atoms with Crippen molar-refractivity contribution in [1.82, 2.24) is 29.2 Å². The Morgan fingerprint density at radius 3 is 2.44 bits per heavy atom. The largest absolute Gasteiger partial charge is 0.353 e. The molecule has 0 saturated carbocycles. The zero-order valence-electron chi connectivity index (χ0n) is 19.4. The Kier molecular flexibility index (Phi) is 5.83. The Morgan fingerprint density at radius 1 is 1.00 bits per heavy atom. The van der Waals surface area contributed by atoms with Crippen LogP contribution in [0, 0.1) is 6.92 Å². The van der Waals surface area contributed by atoms with Crippen LogP contribution in [0.25, 0.3) is 16.9 Å². The molecular formula is C25H27N7O2. The molecule has 3 aromatic heterocycles. The first-order chi connectivity index (χ1) is 16.5. The van der Waals surface area contributed by atoms with Crippen LogP contribution in [0.15, 0.2) is 59.5 Å². The van der Waals surface area contributed by atoms with Gasteiger partial charge in [-0.25, -0.2) is 14.6 Å². The molecule has 1 amide bonds. The molecule has 0 unspecified atom stereocenters. The molecule has 1 aromatic carbocycles.